The third-order valence-electron chi connectivity index (χ3n) is 5.50. The Morgan fingerprint density at radius 3 is 2.50 bits per heavy atom. The van der Waals surface area contributed by atoms with E-state index in [0.717, 1.165) is 16.2 Å². The summed E-state index contributed by atoms with van der Waals surface area (Å²) in [5.41, 5.74) is -0.681. The summed E-state index contributed by atoms with van der Waals surface area (Å²) in [7, 11) is 2.92. The lowest BCUT2D eigenvalue weighted by Gasteiger charge is -2.37. The van der Waals surface area contributed by atoms with Gasteiger partial charge in [-0.2, -0.15) is 0 Å². The Morgan fingerprint density at radius 1 is 1.17 bits per heavy atom. The van der Waals surface area contributed by atoms with Crippen molar-refractivity contribution in [3.8, 4) is 17.2 Å². The maximum Gasteiger partial charge on any atom is 0.240 e. The second-order valence-corrected chi connectivity index (χ2v) is 8.81. The predicted molar refractivity (Wildman–Crippen MR) is 117 cm³/mol. The van der Waals surface area contributed by atoms with Crippen LogP contribution in [-0.4, -0.2) is 37.1 Å². The van der Waals surface area contributed by atoms with Crippen molar-refractivity contribution in [1.29, 1.82) is 0 Å². The van der Waals surface area contributed by atoms with Crippen LogP contribution >= 0.6 is 23.4 Å². The molecule has 1 aliphatic heterocycles. The van der Waals surface area contributed by atoms with Gasteiger partial charge in [-0.25, -0.2) is 0 Å². The maximum atomic E-state index is 13.8. The number of hydrogen-bond donors (Lipinski definition) is 0. The first-order valence-electron chi connectivity index (χ1n) is 9.58. The monoisotopic (exact) mass is 444 g/mol. The Bertz CT molecular complexity index is 1050. The summed E-state index contributed by atoms with van der Waals surface area (Å²) in [5, 5.41) is 0.149. The van der Waals surface area contributed by atoms with Crippen molar-refractivity contribution < 1.29 is 23.8 Å². The second kappa shape index (κ2) is 8.00. The normalized spacial score (nSPS) is 22.5. The molecular weight excluding hydrogens is 424 g/mol. The summed E-state index contributed by atoms with van der Waals surface area (Å²) in [5.74, 6) is 0.245. The fourth-order valence-electron chi connectivity index (χ4n) is 4.15. The number of carbonyl (C=O) groups excluding carboxylic acids is 2. The van der Waals surface area contributed by atoms with Crippen LogP contribution in [0.5, 0.6) is 17.2 Å². The summed E-state index contributed by atoms with van der Waals surface area (Å²) >= 11 is 8.08. The minimum absolute atomic E-state index is 0.132. The average molecular weight is 445 g/mol. The van der Waals surface area contributed by atoms with Crippen LogP contribution in [0.3, 0.4) is 0 Å². The number of rotatable bonds is 5. The van der Waals surface area contributed by atoms with Crippen LogP contribution in [0, 0.1) is 0 Å². The number of ether oxygens (including phenoxy) is 3. The van der Waals surface area contributed by atoms with E-state index < -0.39 is 17.3 Å². The van der Waals surface area contributed by atoms with Crippen LogP contribution in [0.1, 0.15) is 35.2 Å². The molecule has 2 aromatic carbocycles. The first kappa shape index (κ1) is 20.8. The van der Waals surface area contributed by atoms with Crippen molar-refractivity contribution in [2.24, 2.45) is 0 Å². The summed E-state index contributed by atoms with van der Waals surface area (Å²) in [6.45, 7) is 2.03. The van der Waals surface area contributed by atoms with E-state index in [2.05, 4.69) is 0 Å². The Kier molecular flexibility index (Phi) is 5.55. The van der Waals surface area contributed by atoms with E-state index in [1.165, 1.54) is 20.3 Å². The van der Waals surface area contributed by atoms with E-state index in [-0.39, 0.29) is 27.9 Å². The van der Waals surface area contributed by atoms with E-state index in [1.807, 2.05) is 37.3 Å². The zero-order valence-corrected chi connectivity index (χ0v) is 18.4. The molecule has 0 aromatic heterocycles. The molecule has 7 heteroatoms. The van der Waals surface area contributed by atoms with Gasteiger partial charge in [-0.3, -0.25) is 9.59 Å². The zero-order chi connectivity index (χ0) is 21.5. The third-order valence-corrected chi connectivity index (χ3v) is 6.81. The molecule has 5 nitrogen and oxygen atoms in total. The van der Waals surface area contributed by atoms with Gasteiger partial charge in [-0.1, -0.05) is 48.9 Å². The molecule has 1 aliphatic carbocycles. The molecule has 2 atom stereocenters. The van der Waals surface area contributed by atoms with Gasteiger partial charge in [-0.05, 0) is 28.7 Å². The molecule has 1 spiro atoms. The number of hydrogen-bond acceptors (Lipinski definition) is 6. The molecule has 30 heavy (non-hydrogen) atoms. The number of halogens is 1. The summed E-state index contributed by atoms with van der Waals surface area (Å²) in [6, 6.07) is 11.1. The smallest absolute Gasteiger partial charge is 0.240 e. The quantitative estimate of drug-likeness (QED) is 0.600. The molecular formula is C23H21ClO5S. The topological polar surface area (TPSA) is 61.8 Å². The first-order valence-corrected chi connectivity index (χ1v) is 10.9. The number of benzene rings is 2. The highest BCUT2D eigenvalue weighted by Crippen LogP contribution is 2.55. The van der Waals surface area contributed by atoms with Crippen LogP contribution in [0.15, 0.2) is 47.4 Å². The standard InChI is InChI=1S/C23H21ClO5S/c1-4-30-14-10-15(13-8-6-5-7-9-13)23(18(25)11-14)22(26)19-16(27-2)12-17(28-3)20(24)21(19)29-23/h5-9,11-12,15H,4,10H2,1-3H3/t15-,23+/m0/s1. The molecule has 0 unspecified atom stereocenters. The Balaban J connectivity index is 1.93. The number of ketones is 2. The maximum absolute atomic E-state index is 13.8. The molecule has 1 heterocycles. The molecule has 0 fully saturated rings. The van der Waals surface area contributed by atoms with Gasteiger partial charge < -0.3 is 14.2 Å². The highest BCUT2D eigenvalue weighted by molar-refractivity contribution is 8.03. The van der Waals surface area contributed by atoms with Gasteiger partial charge in [-0.15, -0.1) is 11.8 Å². The largest absolute Gasteiger partial charge is 0.496 e. The van der Waals surface area contributed by atoms with Gasteiger partial charge in [0.1, 0.15) is 22.1 Å². The number of methoxy groups -OCH3 is 2. The Morgan fingerprint density at radius 2 is 1.87 bits per heavy atom. The predicted octanol–water partition coefficient (Wildman–Crippen LogP) is 5.06. The molecule has 0 saturated carbocycles. The lowest BCUT2D eigenvalue weighted by molar-refractivity contribution is -0.127. The Hall–Kier alpha value is -2.44. The summed E-state index contributed by atoms with van der Waals surface area (Å²) < 4.78 is 17.0. The fraction of sp³-hybridized carbons (Fsp3) is 0.304. The molecule has 4 rings (SSSR count). The van der Waals surface area contributed by atoms with Gasteiger partial charge in [0.25, 0.3) is 0 Å². The number of fused-ring (bicyclic) bond motifs is 1. The Labute approximate surface area is 184 Å². The number of Topliss-reactive ketones (excluding diaryl/α,β-unsaturated/α-hetero) is 1. The van der Waals surface area contributed by atoms with E-state index >= 15 is 0 Å². The molecule has 0 radical (unpaired) electrons. The van der Waals surface area contributed by atoms with Gasteiger partial charge in [0.2, 0.25) is 17.2 Å². The zero-order valence-electron chi connectivity index (χ0n) is 16.9. The van der Waals surface area contributed by atoms with Gasteiger partial charge in [0, 0.05) is 12.0 Å². The lowest BCUT2D eigenvalue weighted by Crippen LogP contribution is -2.54. The van der Waals surface area contributed by atoms with Crippen molar-refractivity contribution >= 4 is 34.9 Å². The highest BCUT2D eigenvalue weighted by Gasteiger charge is 2.62. The second-order valence-electron chi connectivity index (χ2n) is 7.04. The lowest BCUT2D eigenvalue weighted by atomic mass is 9.71. The number of carbonyl (C=O) groups is 2. The minimum Gasteiger partial charge on any atom is -0.496 e. The highest BCUT2D eigenvalue weighted by atomic mass is 35.5. The summed E-state index contributed by atoms with van der Waals surface area (Å²) in [4.78, 5) is 28.2. The van der Waals surface area contributed by atoms with Gasteiger partial charge >= 0.3 is 0 Å². The first-order chi connectivity index (χ1) is 14.5. The molecule has 0 amide bonds. The van der Waals surface area contributed by atoms with Crippen LogP contribution in [0.2, 0.25) is 5.02 Å². The van der Waals surface area contributed by atoms with E-state index in [4.69, 9.17) is 25.8 Å². The third kappa shape index (κ3) is 3.01. The molecule has 2 aliphatic rings. The van der Waals surface area contributed by atoms with Crippen molar-refractivity contribution in [2.75, 3.05) is 20.0 Å². The van der Waals surface area contributed by atoms with Gasteiger partial charge in [0.15, 0.2) is 5.75 Å². The number of allylic oxidation sites excluding steroid dienone is 1. The van der Waals surface area contributed by atoms with Crippen LogP contribution in [0.4, 0.5) is 0 Å². The van der Waals surface area contributed by atoms with Crippen LogP contribution in [-0.2, 0) is 4.79 Å². The fourth-order valence-corrected chi connectivity index (χ4v) is 5.26. The van der Waals surface area contributed by atoms with Gasteiger partial charge in [0.05, 0.1) is 14.2 Å². The van der Waals surface area contributed by atoms with Crippen LogP contribution in [0.25, 0.3) is 0 Å². The molecule has 2 aromatic rings. The van der Waals surface area contributed by atoms with Crippen molar-refractivity contribution in [3.63, 3.8) is 0 Å². The van der Waals surface area contributed by atoms with E-state index in [1.54, 1.807) is 17.8 Å². The van der Waals surface area contributed by atoms with E-state index in [9.17, 15) is 9.59 Å². The SMILES string of the molecule is CCSC1=CC(=O)[C@]2(Oc3c(Cl)c(OC)cc(OC)c3C2=O)[C@H](c2ccccc2)C1. The van der Waals surface area contributed by atoms with Crippen molar-refractivity contribution in [3.05, 3.63) is 63.5 Å². The molecule has 0 saturated heterocycles. The van der Waals surface area contributed by atoms with E-state index in [0.29, 0.717) is 12.2 Å². The van der Waals surface area contributed by atoms with Crippen molar-refractivity contribution in [1.82, 2.24) is 0 Å². The number of thioether (sulfide) groups is 1. The molecule has 0 bridgehead atoms. The molecule has 156 valence electrons. The summed E-state index contributed by atoms with van der Waals surface area (Å²) in [6.07, 6.45) is 2.06. The van der Waals surface area contributed by atoms with Crippen molar-refractivity contribution in [2.45, 2.75) is 24.9 Å². The minimum atomic E-state index is -1.72. The van der Waals surface area contributed by atoms with Crippen LogP contribution < -0.4 is 14.2 Å². The average Bonchev–Trinajstić information content (AvgIpc) is 3.07. The molecule has 0 N–H and O–H groups in total.